The molecular formula is C12H18BrClN2OS. The maximum atomic E-state index is 6.12. The van der Waals surface area contributed by atoms with E-state index in [2.05, 4.69) is 26.9 Å². The Balaban J connectivity index is 2.13. The molecule has 0 saturated heterocycles. The monoisotopic (exact) mass is 352 g/mol. The van der Waals surface area contributed by atoms with Gasteiger partial charge >= 0.3 is 0 Å². The third kappa shape index (κ3) is 3.46. The highest BCUT2D eigenvalue weighted by molar-refractivity contribution is 9.10. The molecule has 102 valence electrons. The molecule has 0 spiro atoms. The summed E-state index contributed by atoms with van der Waals surface area (Å²) in [4.78, 5) is 3.69. The topological polar surface area (TPSA) is 38.5 Å². The number of nitrogens with two attached hydrogens (primary N) is 1. The van der Waals surface area contributed by atoms with Gasteiger partial charge in [-0.1, -0.05) is 11.6 Å². The maximum Gasteiger partial charge on any atom is 0.107 e. The van der Waals surface area contributed by atoms with Crippen molar-refractivity contribution in [1.29, 1.82) is 0 Å². The van der Waals surface area contributed by atoms with Crippen molar-refractivity contribution in [3.8, 4) is 0 Å². The van der Waals surface area contributed by atoms with E-state index in [9.17, 15) is 0 Å². The van der Waals surface area contributed by atoms with E-state index in [-0.39, 0.29) is 6.04 Å². The molecule has 1 heterocycles. The summed E-state index contributed by atoms with van der Waals surface area (Å²) in [5.41, 5.74) is 5.97. The quantitative estimate of drug-likeness (QED) is 0.817. The number of halogens is 2. The molecule has 1 atom stereocenters. The van der Waals surface area contributed by atoms with Crippen molar-refractivity contribution in [2.45, 2.75) is 24.9 Å². The number of hydrogen-bond donors (Lipinski definition) is 1. The molecule has 1 unspecified atom stereocenters. The first kappa shape index (κ1) is 14.8. The summed E-state index contributed by atoms with van der Waals surface area (Å²) in [6.07, 6.45) is 2.53. The first-order chi connectivity index (χ1) is 8.67. The van der Waals surface area contributed by atoms with Crippen molar-refractivity contribution >= 4 is 38.9 Å². The molecule has 0 radical (unpaired) electrons. The van der Waals surface area contributed by atoms with Crippen molar-refractivity contribution in [3.05, 3.63) is 19.8 Å². The first-order valence-electron chi connectivity index (χ1n) is 6.06. The van der Waals surface area contributed by atoms with Gasteiger partial charge in [-0.05, 0) is 34.8 Å². The number of thiophene rings is 1. The second-order valence-electron chi connectivity index (χ2n) is 4.48. The highest BCUT2D eigenvalue weighted by atomic mass is 79.9. The lowest BCUT2D eigenvalue weighted by molar-refractivity contribution is 0.117. The van der Waals surface area contributed by atoms with E-state index >= 15 is 0 Å². The molecule has 0 aromatic carbocycles. The Bertz CT molecular complexity index is 378. The fourth-order valence-corrected chi connectivity index (χ4v) is 4.01. The molecule has 1 aliphatic rings. The lowest BCUT2D eigenvalue weighted by atomic mass is 10.2. The minimum absolute atomic E-state index is 0.251. The van der Waals surface area contributed by atoms with Crippen LogP contribution in [0.2, 0.25) is 4.34 Å². The van der Waals surface area contributed by atoms with E-state index in [0.717, 1.165) is 22.0 Å². The average molecular weight is 354 g/mol. The van der Waals surface area contributed by atoms with Gasteiger partial charge in [0.2, 0.25) is 0 Å². The Morgan fingerprint density at radius 2 is 2.39 bits per heavy atom. The number of methoxy groups -OCH3 is 1. The molecule has 1 fully saturated rings. The Hall–Kier alpha value is 0.350. The molecule has 1 saturated carbocycles. The lowest BCUT2D eigenvalue weighted by Crippen LogP contribution is -2.37. The summed E-state index contributed by atoms with van der Waals surface area (Å²) in [5, 5.41) is 0. The molecule has 1 aromatic rings. The van der Waals surface area contributed by atoms with Crippen molar-refractivity contribution in [1.82, 2.24) is 4.90 Å². The van der Waals surface area contributed by atoms with Crippen LogP contribution >= 0.6 is 38.9 Å². The van der Waals surface area contributed by atoms with Gasteiger partial charge in [0.25, 0.3) is 0 Å². The highest BCUT2D eigenvalue weighted by Gasteiger charge is 2.34. The van der Waals surface area contributed by atoms with Gasteiger partial charge in [0.05, 0.1) is 12.6 Å². The van der Waals surface area contributed by atoms with E-state index in [0.29, 0.717) is 12.6 Å². The molecule has 18 heavy (non-hydrogen) atoms. The van der Waals surface area contributed by atoms with E-state index < -0.39 is 0 Å². The zero-order chi connectivity index (χ0) is 13.1. The van der Waals surface area contributed by atoms with Crippen LogP contribution in [0.3, 0.4) is 0 Å². The van der Waals surface area contributed by atoms with Gasteiger partial charge in [-0.2, -0.15) is 0 Å². The van der Waals surface area contributed by atoms with Gasteiger partial charge in [-0.3, -0.25) is 4.90 Å². The molecule has 1 aliphatic carbocycles. The summed E-state index contributed by atoms with van der Waals surface area (Å²) in [6.45, 7) is 2.28. The van der Waals surface area contributed by atoms with Crippen LogP contribution in [-0.4, -0.2) is 37.7 Å². The van der Waals surface area contributed by atoms with Gasteiger partial charge < -0.3 is 10.5 Å². The molecule has 6 heteroatoms. The second kappa shape index (κ2) is 6.68. The van der Waals surface area contributed by atoms with Gasteiger partial charge in [0.15, 0.2) is 0 Å². The van der Waals surface area contributed by atoms with Crippen LogP contribution in [0.5, 0.6) is 0 Å². The SMILES string of the molecule is COCCN(C1CC1)C(CN)c1cc(Br)c(Cl)s1. The molecule has 0 aliphatic heterocycles. The molecule has 0 bridgehead atoms. The third-order valence-corrected chi connectivity index (χ3v) is 5.76. The minimum atomic E-state index is 0.251. The summed E-state index contributed by atoms with van der Waals surface area (Å²) >= 11 is 11.2. The van der Waals surface area contributed by atoms with E-state index in [1.54, 1.807) is 18.4 Å². The zero-order valence-corrected chi connectivity index (χ0v) is 13.5. The third-order valence-electron chi connectivity index (χ3n) is 3.19. The van der Waals surface area contributed by atoms with Gasteiger partial charge in [0.1, 0.15) is 4.34 Å². The first-order valence-corrected chi connectivity index (χ1v) is 8.05. The van der Waals surface area contributed by atoms with Crippen molar-refractivity contribution in [2.75, 3.05) is 26.8 Å². The minimum Gasteiger partial charge on any atom is -0.383 e. The summed E-state index contributed by atoms with van der Waals surface area (Å²) in [5.74, 6) is 0. The van der Waals surface area contributed by atoms with Gasteiger partial charge in [-0.15, -0.1) is 11.3 Å². The van der Waals surface area contributed by atoms with Crippen LogP contribution in [0.4, 0.5) is 0 Å². The largest absolute Gasteiger partial charge is 0.383 e. The van der Waals surface area contributed by atoms with Crippen LogP contribution < -0.4 is 5.73 Å². The van der Waals surface area contributed by atoms with E-state index in [1.165, 1.54) is 17.7 Å². The van der Waals surface area contributed by atoms with Crippen molar-refractivity contribution in [3.63, 3.8) is 0 Å². The van der Waals surface area contributed by atoms with Crippen LogP contribution in [0, 0.1) is 0 Å². The highest BCUT2D eigenvalue weighted by Crippen LogP contribution is 2.40. The van der Waals surface area contributed by atoms with E-state index in [4.69, 9.17) is 22.1 Å². The normalized spacial score (nSPS) is 17.4. The number of nitrogens with zero attached hydrogens (tertiary/aromatic N) is 1. The number of rotatable bonds is 7. The Labute approximate surface area is 125 Å². The summed E-state index contributed by atoms with van der Waals surface area (Å²) < 4.78 is 6.96. The predicted octanol–water partition coefficient (Wildman–Crippen LogP) is 3.27. The molecule has 3 nitrogen and oxygen atoms in total. The standard InChI is InChI=1S/C12H18BrClN2OS/c1-17-5-4-16(8-2-3-8)10(7-15)11-6-9(13)12(14)18-11/h6,8,10H,2-5,7,15H2,1H3. The molecule has 0 amide bonds. The summed E-state index contributed by atoms with van der Waals surface area (Å²) in [6, 6.07) is 3.00. The number of ether oxygens (including phenoxy) is 1. The molecule has 2 rings (SSSR count). The zero-order valence-electron chi connectivity index (χ0n) is 10.4. The lowest BCUT2D eigenvalue weighted by Gasteiger charge is -2.30. The van der Waals surface area contributed by atoms with Crippen LogP contribution in [0.15, 0.2) is 10.5 Å². The van der Waals surface area contributed by atoms with Crippen LogP contribution in [0.1, 0.15) is 23.8 Å². The Morgan fingerprint density at radius 3 is 2.83 bits per heavy atom. The Morgan fingerprint density at radius 1 is 1.67 bits per heavy atom. The number of hydrogen-bond acceptors (Lipinski definition) is 4. The van der Waals surface area contributed by atoms with E-state index in [1.807, 2.05) is 0 Å². The van der Waals surface area contributed by atoms with Crippen molar-refractivity contribution in [2.24, 2.45) is 5.73 Å². The van der Waals surface area contributed by atoms with Crippen LogP contribution in [0.25, 0.3) is 0 Å². The predicted molar refractivity (Wildman–Crippen MR) is 80.4 cm³/mol. The van der Waals surface area contributed by atoms with Gasteiger partial charge in [0, 0.05) is 35.6 Å². The fraction of sp³-hybridized carbons (Fsp3) is 0.667. The average Bonchev–Trinajstić information content (AvgIpc) is 3.13. The smallest absolute Gasteiger partial charge is 0.107 e. The molecule has 1 aromatic heterocycles. The van der Waals surface area contributed by atoms with Crippen LogP contribution in [-0.2, 0) is 4.74 Å². The Kier molecular flexibility index (Phi) is 5.47. The maximum absolute atomic E-state index is 6.12. The fourth-order valence-electron chi connectivity index (χ4n) is 2.14. The summed E-state index contributed by atoms with van der Waals surface area (Å²) in [7, 11) is 1.74. The second-order valence-corrected chi connectivity index (χ2v) is 7.02. The van der Waals surface area contributed by atoms with Gasteiger partial charge in [-0.25, -0.2) is 0 Å². The van der Waals surface area contributed by atoms with Crippen molar-refractivity contribution < 1.29 is 4.74 Å². The molecular weight excluding hydrogens is 336 g/mol. The molecule has 2 N–H and O–H groups in total.